The third-order valence-electron chi connectivity index (χ3n) is 4.85. The molecule has 34 heavy (non-hydrogen) atoms. The van der Waals surface area contributed by atoms with Gasteiger partial charge in [0.2, 0.25) is 0 Å². The second-order valence-electron chi connectivity index (χ2n) is 7.03. The van der Waals surface area contributed by atoms with Crippen molar-refractivity contribution in [2.24, 2.45) is 0 Å². The van der Waals surface area contributed by atoms with Crippen LogP contribution in [0.2, 0.25) is 5.02 Å². The number of carbonyl (C=O) groups is 1. The van der Waals surface area contributed by atoms with Crippen LogP contribution in [-0.4, -0.2) is 34.7 Å². The van der Waals surface area contributed by atoms with Gasteiger partial charge in [-0.25, -0.2) is 22.0 Å². The van der Waals surface area contributed by atoms with Crippen LogP contribution in [0.25, 0.3) is 11.1 Å². The van der Waals surface area contributed by atoms with E-state index in [1.165, 1.54) is 19.2 Å². The van der Waals surface area contributed by atoms with Crippen molar-refractivity contribution >= 4 is 49.2 Å². The van der Waals surface area contributed by atoms with E-state index < -0.39 is 38.2 Å². The molecule has 0 radical (unpaired) electrons. The fourth-order valence-corrected chi connectivity index (χ4v) is 5.31. The van der Waals surface area contributed by atoms with Crippen LogP contribution in [0.3, 0.4) is 0 Å². The lowest BCUT2D eigenvalue weighted by atomic mass is 10.0. The molecular weight excluding hydrogens is 560 g/mol. The number of methoxy groups -OCH3 is 1. The number of sulfonamides is 1. The lowest BCUT2D eigenvalue weighted by Gasteiger charge is -2.16. The van der Waals surface area contributed by atoms with Crippen LogP contribution in [0.15, 0.2) is 51.8 Å². The van der Waals surface area contributed by atoms with Gasteiger partial charge < -0.3 is 14.2 Å². The molecule has 4 rings (SSSR count). The molecule has 0 unspecified atom stereocenters. The van der Waals surface area contributed by atoms with Gasteiger partial charge in [0.15, 0.2) is 5.75 Å². The molecule has 0 aromatic heterocycles. The van der Waals surface area contributed by atoms with Crippen molar-refractivity contribution in [1.82, 2.24) is 0 Å². The number of cyclic esters (lactones) is 1. The first-order valence-corrected chi connectivity index (χ1v) is 12.3. The summed E-state index contributed by atoms with van der Waals surface area (Å²) in [6.45, 7) is -0.293. The molecule has 1 aliphatic rings. The van der Waals surface area contributed by atoms with E-state index in [4.69, 9.17) is 25.8 Å². The molecular formula is C22H15BrClF2NO6S. The highest BCUT2D eigenvalue weighted by molar-refractivity contribution is 9.10. The van der Waals surface area contributed by atoms with E-state index in [2.05, 4.69) is 20.7 Å². The van der Waals surface area contributed by atoms with Gasteiger partial charge in [0.1, 0.15) is 35.5 Å². The van der Waals surface area contributed by atoms with Crippen LogP contribution in [0.5, 0.6) is 11.5 Å². The van der Waals surface area contributed by atoms with Gasteiger partial charge in [-0.3, -0.25) is 4.72 Å². The Morgan fingerprint density at radius 3 is 2.50 bits per heavy atom. The lowest BCUT2D eigenvalue weighted by molar-refractivity contribution is 0.0450. The van der Waals surface area contributed by atoms with Crippen LogP contribution in [0, 0.1) is 11.6 Å². The second-order valence-corrected chi connectivity index (χ2v) is 10.0. The molecule has 7 nitrogen and oxygen atoms in total. The minimum Gasteiger partial charge on any atom is -0.494 e. The number of fused-ring (bicyclic) bond motifs is 6. The molecule has 0 amide bonds. The quantitative estimate of drug-likeness (QED) is 0.391. The maximum Gasteiger partial charge on any atom is 0.338 e. The number of hydrogen-bond donors (Lipinski definition) is 1. The van der Waals surface area contributed by atoms with Crippen molar-refractivity contribution in [3.05, 3.63) is 69.2 Å². The zero-order valence-corrected chi connectivity index (χ0v) is 20.5. The summed E-state index contributed by atoms with van der Waals surface area (Å²) in [7, 11) is -3.37. The number of rotatable bonds is 1. The van der Waals surface area contributed by atoms with Crippen molar-refractivity contribution in [3.8, 4) is 22.6 Å². The van der Waals surface area contributed by atoms with Gasteiger partial charge in [-0.1, -0.05) is 27.5 Å². The molecule has 1 heterocycles. The number of halogens is 4. The summed E-state index contributed by atoms with van der Waals surface area (Å²) in [5.74, 6) is -3.03. The lowest BCUT2D eigenvalue weighted by Crippen LogP contribution is -2.17. The first-order chi connectivity index (χ1) is 16.1. The van der Waals surface area contributed by atoms with Gasteiger partial charge in [-0.05, 0) is 36.4 Å². The van der Waals surface area contributed by atoms with E-state index in [-0.39, 0.29) is 46.4 Å². The Morgan fingerprint density at radius 2 is 1.76 bits per heavy atom. The summed E-state index contributed by atoms with van der Waals surface area (Å²) in [5, 5.41) is -0.185. The van der Waals surface area contributed by atoms with Gasteiger partial charge in [-0.2, -0.15) is 0 Å². The fraction of sp³-hybridized carbons (Fsp3) is 0.136. The number of benzene rings is 3. The highest BCUT2D eigenvalue weighted by Crippen LogP contribution is 2.39. The standard InChI is InChI=1S/C22H15BrClF2NO6S/c1-31-21-15(24)6-11-7-20(21)34(29,30)27-18-9-13(16(25)10-17(18)26)14-8-12(23)2-3-19(14)32-4-5-33-22(11)28/h2-3,6-10,27H,4-5H2,1H3. The summed E-state index contributed by atoms with van der Waals surface area (Å²) in [4.78, 5) is 12.0. The second kappa shape index (κ2) is 9.40. The highest BCUT2D eigenvalue weighted by atomic mass is 79.9. The molecule has 1 aliphatic heterocycles. The molecule has 4 bridgehead atoms. The molecule has 0 spiro atoms. The summed E-state index contributed by atoms with van der Waals surface area (Å²) in [5.41, 5.74) is -0.621. The topological polar surface area (TPSA) is 90.9 Å². The average Bonchev–Trinajstić information content (AvgIpc) is 2.78. The highest BCUT2D eigenvalue weighted by Gasteiger charge is 2.27. The number of nitrogens with one attached hydrogen (secondary N) is 1. The number of carbonyl (C=O) groups excluding carboxylic acids is 1. The van der Waals surface area contributed by atoms with Crippen molar-refractivity contribution in [2.75, 3.05) is 25.0 Å². The SMILES string of the molecule is COc1c(Cl)cc2cc1S(=O)(=O)Nc1cc(c(F)cc1F)-c1cc(Br)ccc1OCCOC2=O. The summed E-state index contributed by atoms with van der Waals surface area (Å²) >= 11 is 9.43. The van der Waals surface area contributed by atoms with E-state index in [9.17, 15) is 22.0 Å². The normalized spacial score (nSPS) is 15.0. The number of esters is 1. The predicted molar refractivity (Wildman–Crippen MR) is 124 cm³/mol. The van der Waals surface area contributed by atoms with Gasteiger partial charge in [0, 0.05) is 21.7 Å². The summed E-state index contributed by atoms with van der Waals surface area (Å²) in [6.07, 6.45) is 0. The van der Waals surface area contributed by atoms with Crippen molar-refractivity contribution in [3.63, 3.8) is 0 Å². The Kier molecular flexibility index (Phi) is 6.70. The Bertz CT molecular complexity index is 1420. The van der Waals surface area contributed by atoms with Crippen molar-refractivity contribution in [1.29, 1.82) is 0 Å². The third-order valence-corrected chi connectivity index (χ3v) is 6.99. The van der Waals surface area contributed by atoms with Gasteiger partial charge in [0.25, 0.3) is 10.0 Å². The van der Waals surface area contributed by atoms with Gasteiger partial charge in [-0.15, -0.1) is 0 Å². The smallest absolute Gasteiger partial charge is 0.338 e. The first kappa shape index (κ1) is 24.2. The minimum atomic E-state index is -4.56. The largest absolute Gasteiger partial charge is 0.494 e. The number of hydrogen-bond acceptors (Lipinski definition) is 6. The van der Waals surface area contributed by atoms with Crippen LogP contribution in [0.4, 0.5) is 14.5 Å². The zero-order valence-electron chi connectivity index (χ0n) is 17.3. The molecule has 178 valence electrons. The summed E-state index contributed by atoms with van der Waals surface area (Å²) < 4.78 is 74.4. The van der Waals surface area contributed by atoms with E-state index in [0.717, 1.165) is 12.1 Å². The van der Waals surface area contributed by atoms with Gasteiger partial charge in [0.05, 0.1) is 23.4 Å². The maximum absolute atomic E-state index is 14.8. The van der Waals surface area contributed by atoms with Crippen LogP contribution in [0.1, 0.15) is 10.4 Å². The third kappa shape index (κ3) is 4.68. The molecule has 1 N–H and O–H groups in total. The summed E-state index contributed by atoms with van der Waals surface area (Å²) in [6, 6.07) is 8.45. The number of ether oxygens (including phenoxy) is 3. The molecule has 0 saturated heterocycles. The van der Waals surface area contributed by atoms with Crippen molar-refractivity contribution in [2.45, 2.75) is 4.90 Å². The predicted octanol–water partition coefficient (Wildman–Crippen LogP) is 5.41. The van der Waals surface area contributed by atoms with Gasteiger partial charge >= 0.3 is 5.97 Å². The molecule has 3 aromatic rings. The average molecular weight is 575 g/mol. The molecule has 0 atom stereocenters. The molecule has 0 saturated carbocycles. The Hall–Kier alpha value is -2.89. The first-order valence-electron chi connectivity index (χ1n) is 9.60. The Labute approximate surface area is 206 Å². The molecule has 3 aromatic carbocycles. The van der Waals surface area contributed by atoms with E-state index in [1.807, 2.05) is 0 Å². The van der Waals surface area contributed by atoms with E-state index >= 15 is 0 Å². The zero-order chi connectivity index (χ0) is 24.6. The Morgan fingerprint density at radius 1 is 1.03 bits per heavy atom. The number of anilines is 1. The van der Waals surface area contributed by atoms with Crippen LogP contribution < -0.4 is 14.2 Å². The van der Waals surface area contributed by atoms with Crippen LogP contribution in [-0.2, 0) is 14.8 Å². The molecule has 0 fully saturated rings. The minimum absolute atomic E-state index is 0.0939. The molecule has 0 aliphatic carbocycles. The van der Waals surface area contributed by atoms with E-state index in [0.29, 0.717) is 10.5 Å². The van der Waals surface area contributed by atoms with Crippen LogP contribution >= 0.6 is 27.5 Å². The van der Waals surface area contributed by atoms with Crippen molar-refractivity contribution < 1.29 is 36.2 Å². The van der Waals surface area contributed by atoms with E-state index in [1.54, 1.807) is 12.1 Å². The monoisotopic (exact) mass is 573 g/mol. The Balaban J connectivity index is 1.96. The maximum atomic E-state index is 14.8. The molecule has 12 heteroatoms. The fourth-order valence-electron chi connectivity index (χ4n) is 3.32.